The molecule has 1 aliphatic heterocycles. The summed E-state index contributed by atoms with van der Waals surface area (Å²) < 4.78 is 10.7. The fraction of sp³-hybridized carbons (Fsp3) is 0.391. The molecule has 1 aliphatic rings. The molecular weight excluding hydrogens is 368 g/mol. The number of hydrogen-bond donors (Lipinski definition) is 1. The number of aryl methyl sites for hydroxylation is 1. The van der Waals surface area contributed by atoms with Crippen molar-refractivity contribution in [1.82, 2.24) is 10.2 Å². The Morgan fingerprint density at radius 1 is 0.966 bits per heavy atom. The van der Waals surface area contributed by atoms with Gasteiger partial charge in [0.15, 0.2) is 0 Å². The lowest BCUT2D eigenvalue weighted by Gasteiger charge is -2.33. The molecule has 0 aliphatic carbocycles. The van der Waals surface area contributed by atoms with Crippen LogP contribution >= 0.6 is 0 Å². The van der Waals surface area contributed by atoms with Crippen LogP contribution in [0.4, 0.5) is 0 Å². The topological polar surface area (TPSA) is 67.9 Å². The van der Waals surface area contributed by atoms with Gasteiger partial charge >= 0.3 is 0 Å². The third kappa shape index (κ3) is 5.28. The van der Waals surface area contributed by atoms with E-state index in [1.807, 2.05) is 30.3 Å². The maximum Gasteiger partial charge on any atom is 0.261 e. The molecule has 1 fully saturated rings. The van der Waals surface area contributed by atoms with E-state index in [-0.39, 0.29) is 17.9 Å². The Hall–Kier alpha value is -3.02. The second-order valence-corrected chi connectivity index (χ2v) is 7.16. The number of benzene rings is 2. The SMILES string of the molecule is COc1cccc(OC)c1C(=O)N1CCC(NC(=O)CCc2ccccc2)CC1. The zero-order chi connectivity index (χ0) is 20.6. The lowest BCUT2D eigenvalue weighted by molar-refractivity contribution is -0.122. The molecule has 0 radical (unpaired) electrons. The lowest BCUT2D eigenvalue weighted by atomic mass is 10.0. The molecule has 6 heteroatoms. The van der Waals surface area contributed by atoms with Crippen LogP contribution in [0.15, 0.2) is 48.5 Å². The third-order valence-electron chi connectivity index (χ3n) is 5.27. The number of nitrogens with zero attached hydrogens (tertiary/aromatic N) is 1. The first kappa shape index (κ1) is 20.7. The van der Waals surface area contributed by atoms with Crippen molar-refractivity contribution in [3.8, 4) is 11.5 Å². The molecule has 0 unspecified atom stereocenters. The molecule has 6 nitrogen and oxygen atoms in total. The number of piperidine rings is 1. The highest BCUT2D eigenvalue weighted by Gasteiger charge is 2.28. The van der Waals surface area contributed by atoms with Crippen LogP contribution in [0.5, 0.6) is 11.5 Å². The molecule has 0 bridgehead atoms. The van der Waals surface area contributed by atoms with Gasteiger partial charge in [0.25, 0.3) is 5.91 Å². The largest absolute Gasteiger partial charge is 0.496 e. The zero-order valence-corrected chi connectivity index (χ0v) is 17.0. The van der Waals surface area contributed by atoms with Gasteiger partial charge in [-0.25, -0.2) is 0 Å². The minimum absolute atomic E-state index is 0.0602. The average Bonchev–Trinajstić information content (AvgIpc) is 2.77. The molecule has 0 atom stereocenters. The molecule has 1 saturated heterocycles. The van der Waals surface area contributed by atoms with Crippen molar-refractivity contribution in [2.75, 3.05) is 27.3 Å². The summed E-state index contributed by atoms with van der Waals surface area (Å²) in [7, 11) is 3.09. The predicted octanol–water partition coefficient (Wildman–Crippen LogP) is 3.06. The molecule has 154 valence electrons. The maximum absolute atomic E-state index is 13.0. The number of amides is 2. The number of rotatable bonds is 7. The summed E-state index contributed by atoms with van der Waals surface area (Å²) in [6.07, 6.45) is 2.68. The normalized spacial score (nSPS) is 14.3. The van der Waals surface area contributed by atoms with Crippen LogP contribution in [0, 0.1) is 0 Å². The van der Waals surface area contributed by atoms with E-state index in [9.17, 15) is 9.59 Å². The number of ether oxygens (including phenoxy) is 2. The molecule has 1 heterocycles. The first-order valence-electron chi connectivity index (χ1n) is 9.96. The van der Waals surface area contributed by atoms with Crippen LogP contribution < -0.4 is 14.8 Å². The highest BCUT2D eigenvalue weighted by atomic mass is 16.5. The Kier molecular flexibility index (Phi) is 7.11. The molecule has 3 rings (SSSR count). The number of carbonyl (C=O) groups excluding carboxylic acids is 2. The van der Waals surface area contributed by atoms with Gasteiger partial charge in [-0.15, -0.1) is 0 Å². The van der Waals surface area contributed by atoms with E-state index in [0.29, 0.717) is 36.6 Å². The van der Waals surface area contributed by atoms with Gasteiger partial charge in [-0.3, -0.25) is 9.59 Å². The zero-order valence-electron chi connectivity index (χ0n) is 17.0. The van der Waals surface area contributed by atoms with E-state index >= 15 is 0 Å². The summed E-state index contributed by atoms with van der Waals surface area (Å²) in [6, 6.07) is 15.4. The summed E-state index contributed by atoms with van der Waals surface area (Å²) >= 11 is 0. The number of carbonyl (C=O) groups is 2. The van der Waals surface area contributed by atoms with Crippen LogP contribution in [-0.2, 0) is 11.2 Å². The van der Waals surface area contributed by atoms with Gasteiger partial charge in [0.1, 0.15) is 17.1 Å². The van der Waals surface area contributed by atoms with Crippen LogP contribution in [-0.4, -0.2) is 50.1 Å². The number of likely N-dealkylation sites (tertiary alicyclic amines) is 1. The number of hydrogen-bond acceptors (Lipinski definition) is 4. The van der Waals surface area contributed by atoms with Gasteiger partial charge in [-0.2, -0.15) is 0 Å². The van der Waals surface area contributed by atoms with Crippen molar-refractivity contribution in [3.05, 3.63) is 59.7 Å². The summed E-state index contributed by atoms with van der Waals surface area (Å²) in [4.78, 5) is 27.1. The molecule has 0 aromatic heterocycles. The Bertz CT molecular complexity index is 808. The van der Waals surface area contributed by atoms with Crippen molar-refractivity contribution in [1.29, 1.82) is 0 Å². The quantitative estimate of drug-likeness (QED) is 0.781. The summed E-state index contributed by atoms with van der Waals surface area (Å²) in [6.45, 7) is 1.17. The number of methoxy groups -OCH3 is 2. The molecule has 2 amide bonds. The van der Waals surface area contributed by atoms with Crippen molar-refractivity contribution in [2.45, 2.75) is 31.7 Å². The fourth-order valence-electron chi connectivity index (χ4n) is 3.65. The lowest BCUT2D eigenvalue weighted by Crippen LogP contribution is -2.46. The van der Waals surface area contributed by atoms with E-state index in [0.717, 1.165) is 24.8 Å². The molecule has 0 saturated carbocycles. The molecule has 2 aromatic carbocycles. The minimum atomic E-state index is -0.104. The summed E-state index contributed by atoms with van der Waals surface area (Å²) in [5.74, 6) is 0.967. The van der Waals surface area contributed by atoms with Gasteiger partial charge in [-0.05, 0) is 37.0 Å². The first-order valence-corrected chi connectivity index (χ1v) is 9.96. The van der Waals surface area contributed by atoms with Crippen LogP contribution in [0.1, 0.15) is 35.2 Å². The van der Waals surface area contributed by atoms with Crippen LogP contribution in [0.25, 0.3) is 0 Å². The van der Waals surface area contributed by atoms with E-state index in [1.165, 1.54) is 0 Å². The van der Waals surface area contributed by atoms with E-state index in [4.69, 9.17) is 9.47 Å². The Balaban J connectivity index is 1.51. The molecular formula is C23H28N2O4. The highest BCUT2D eigenvalue weighted by Crippen LogP contribution is 2.30. The second-order valence-electron chi connectivity index (χ2n) is 7.16. The van der Waals surface area contributed by atoms with Gasteiger partial charge in [0.05, 0.1) is 14.2 Å². The highest BCUT2D eigenvalue weighted by molar-refractivity contribution is 5.99. The predicted molar refractivity (Wildman–Crippen MR) is 111 cm³/mol. The molecule has 2 aromatic rings. The Morgan fingerprint density at radius 2 is 1.59 bits per heavy atom. The standard InChI is InChI=1S/C23H28N2O4/c1-28-19-9-6-10-20(29-2)22(19)23(27)25-15-13-18(14-16-25)24-21(26)12-11-17-7-4-3-5-8-17/h3-10,18H,11-16H2,1-2H3,(H,24,26). The maximum atomic E-state index is 13.0. The molecule has 0 spiro atoms. The third-order valence-corrected chi connectivity index (χ3v) is 5.27. The first-order chi connectivity index (χ1) is 14.1. The molecule has 29 heavy (non-hydrogen) atoms. The average molecular weight is 396 g/mol. The molecule has 1 N–H and O–H groups in total. The van der Waals surface area contributed by atoms with E-state index in [1.54, 1.807) is 37.3 Å². The van der Waals surface area contributed by atoms with E-state index in [2.05, 4.69) is 5.32 Å². The smallest absolute Gasteiger partial charge is 0.261 e. The van der Waals surface area contributed by atoms with Gasteiger partial charge in [-0.1, -0.05) is 36.4 Å². The van der Waals surface area contributed by atoms with E-state index < -0.39 is 0 Å². The minimum Gasteiger partial charge on any atom is -0.496 e. The van der Waals surface area contributed by atoms with Gasteiger partial charge in [0.2, 0.25) is 5.91 Å². The van der Waals surface area contributed by atoms with Crippen molar-refractivity contribution in [2.24, 2.45) is 0 Å². The Labute approximate surface area is 171 Å². The van der Waals surface area contributed by atoms with Gasteiger partial charge in [0, 0.05) is 25.6 Å². The van der Waals surface area contributed by atoms with Crippen LogP contribution in [0.2, 0.25) is 0 Å². The summed E-state index contributed by atoms with van der Waals surface area (Å²) in [5.41, 5.74) is 1.61. The fourth-order valence-corrected chi connectivity index (χ4v) is 3.65. The van der Waals surface area contributed by atoms with Crippen LogP contribution in [0.3, 0.4) is 0 Å². The summed E-state index contributed by atoms with van der Waals surface area (Å²) in [5, 5.41) is 3.11. The van der Waals surface area contributed by atoms with Crippen molar-refractivity contribution in [3.63, 3.8) is 0 Å². The monoisotopic (exact) mass is 396 g/mol. The number of nitrogens with one attached hydrogen (secondary N) is 1. The second kappa shape index (κ2) is 9.96. The van der Waals surface area contributed by atoms with Crippen molar-refractivity contribution >= 4 is 11.8 Å². The van der Waals surface area contributed by atoms with Crippen molar-refractivity contribution < 1.29 is 19.1 Å². The Morgan fingerprint density at radius 3 is 2.17 bits per heavy atom. The van der Waals surface area contributed by atoms with Gasteiger partial charge < -0.3 is 19.7 Å².